The second-order valence-corrected chi connectivity index (χ2v) is 10.2. The van der Waals surface area contributed by atoms with Crippen LogP contribution in [0.5, 0.6) is 0 Å². The molecule has 0 spiro atoms. The van der Waals surface area contributed by atoms with Gasteiger partial charge in [0.2, 0.25) is 5.91 Å². The maximum absolute atomic E-state index is 12.3. The number of anilines is 1. The second kappa shape index (κ2) is 11.9. The Hall–Kier alpha value is -1.48. The van der Waals surface area contributed by atoms with E-state index in [1.807, 2.05) is 24.0 Å². The molecule has 1 saturated heterocycles. The molecule has 0 bridgehead atoms. The van der Waals surface area contributed by atoms with Crippen LogP contribution in [0.4, 0.5) is 5.69 Å². The number of hydrogen-bond donors (Lipinski definition) is 1. The summed E-state index contributed by atoms with van der Waals surface area (Å²) in [6.45, 7) is 3.73. The summed E-state index contributed by atoms with van der Waals surface area (Å²) in [6.07, 6.45) is 3.19. The summed E-state index contributed by atoms with van der Waals surface area (Å²) in [5, 5.41) is 6.20. The third kappa shape index (κ3) is 7.27. The number of halogens is 2. The molecule has 1 unspecified atom stereocenters. The molecule has 0 saturated carbocycles. The number of thioether (sulfide) groups is 1. The Morgan fingerprint density at radius 3 is 2.87 bits per heavy atom. The van der Waals surface area contributed by atoms with Gasteiger partial charge in [-0.3, -0.25) is 4.79 Å². The molecule has 0 aliphatic carbocycles. The van der Waals surface area contributed by atoms with Crippen LogP contribution in [0.15, 0.2) is 27.9 Å². The average Bonchev–Trinajstić information content (AvgIpc) is 3.33. The first kappa shape index (κ1) is 24.2. The molecule has 1 N–H and O–H groups in total. The van der Waals surface area contributed by atoms with Crippen molar-refractivity contribution < 1.29 is 14.3 Å². The second-order valence-electron chi connectivity index (χ2n) is 7.16. The lowest BCUT2D eigenvalue weighted by Gasteiger charge is -2.25. The fourth-order valence-corrected chi connectivity index (χ4v) is 5.57. The van der Waals surface area contributed by atoms with E-state index in [4.69, 9.17) is 27.9 Å². The summed E-state index contributed by atoms with van der Waals surface area (Å²) < 4.78 is 6.00. The Bertz CT molecular complexity index is 889. The van der Waals surface area contributed by atoms with Gasteiger partial charge in [-0.15, -0.1) is 11.3 Å². The van der Waals surface area contributed by atoms with Gasteiger partial charge in [0.25, 0.3) is 0 Å². The topological polar surface area (TPSA) is 71.5 Å². The smallest absolute Gasteiger partial charge is 0.357 e. The van der Waals surface area contributed by atoms with E-state index in [-0.39, 0.29) is 17.9 Å². The molecular weight excluding hydrogens is 477 g/mol. The summed E-state index contributed by atoms with van der Waals surface area (Å²) >= 11 is 15.1. The number of aromatic nitrogens is 1. The van der Waals surface area contributed by atoms with E-state index in [1.165, 1.54) is 11.3 Å². The first-order valence-corrected chi connectivity index (χ1v) is 12.8. The van der Waals surface area contributed by atoms with Gasteiger partial charge in [-0.2, -0.15) is 0 Å². The van der Waals surface area contributed by atoms with Crippen LogP contribution in [0.3, 0.4) is 0 Å². The Labute approximate surface area is 200 Å². The molecule has 3 rings (SSSR count). The first-order valence-electron chi connectivity index (χ1n) is 10.2. The standard InChI is InChI=1S/C21H25Cl2N3O3S2/c1-2-3-7-29-20(28)18-13-31-21(25-18)30-8-6-26-17(4-5-19(26)27)12-24-16-10-14(22)9-15(23)11-16/h9-11,13,17,24H,2-8,12H2,1H3. The van der Waals surface area contributed by atoms with Gasteiger partial charge < -0.3 is 15.0 Å². The third-order valence-electron chi connectivity index (χ3n) is 4.84. The van der Waals surface area contributed by atoms with Gasteiger partial charge in [0.1, 0.15) is 0 Å². The lowest BCUT2D eigenvalue weighted by Crippen LogP contribution is -2.39. The van der Waals surface area contributed by atoms with E-state index in [2.05, 4.69) is 10.3 Å². The predicted octanol–water partition coefficient (Wildman–Crippen LogP) is 5.60. The summed E-state index contributed by atoms with van der Waals surface area (Å²) in [5.74, 6) is 0.498. The molecule has 1 aromatic carbocycles. The molecule has 1 amide bonds. The van der Waals surface area contributed by atoms with Crippen molar-refractivity contribution in [3.8, 4) is 0 Å². The highest BCUT2D eigenvalue weighted by Gasteiger charge is 2.30. The monoisotopic (exact) mass is 501 g/mol. The van der Waals surface area contributed by atoms with Crippen molar-refractivity contribution in [2.75, 3.05) is 30.8 Å². The van der Waals surface area contributed by atoms with Crippen molar-refractivity contribution in [1.82, 2.24) is 9.88 Å². The highest BCUT2D eigenvalue weighted by Crippen LogP contribution is 2.26. The zero-order valence-electron chi connectivity index (χ0n) is 17.2. The minimum absolute atomic E-state index is 0.117. The normalized spacial score (nSPS) is 16.0. The van der Waals surface area contributed by atoms with Crippen molar-refractivity contribution in [3.05, 3.63) is 39.3 Å². The SMILES string of the molecule is CCCCOC(=O)c1csc(SCCN2C(=O)CCC2CNc2cc(Cl)cc(Cl)c2)n1. The number of likely N-dealkylation sites (tertiary alicyclic amines) is 1. The third-order valence-corrected chi connectivity index (χ3v) is 7.28. The molecule has 31 heavy (non-hydrogen) atoms. The number of rotatable bonds is 11. The van der Waals surface area contributed by atoms with E-state index in [9.17, 15) is 9.59 Å². The maximum Gasteiger partial charge on any atom is 0.357 e. The molecule has 2 heterocycles. The van der Waals surface area contributed by atoms with Gasteiger partial charge in [0.15, 0.2) is 10.0 Å². The van der Waals surface area contributed by atoms with Crippen LogP contribution < -0.4 is 5.32 Å². The van der Waals surface area contributed by atoms with Gasteiger partial charge in [0.05, 0.1) is 6.61 Å². The largest absolute Gasteiger partial charge is 0.461 e. The number of unbranched alkanes of at least 4 members (excludes halogenated alkanes) is 1. The fraction of sp³-hybridized carbons (Fsp3) is 0.476. The van der Waals surface area contributed by atoms with Gasteiger partial charge in [-0.05, 0) is 31.0 Å². The Morgan fingerprint density at radius 2 is 2.13 bits per heavy atom. The lowest BCUT2D eigenvalue weighted by molar-refractivity contribution is -0.128. The quantitative estimate of drug-likeness (QED) is 0.245. The fourth-order valence-electron chi connectivity index (χ4n) is 3.24. The number of esters is 1. The number of amides is 1. The molecule has 6 nitrogen and oxygen atoms in total. The van der Waals surface area contributed by atoms with Crippen LogP contribution in [-0.4, -0.2) is 53.3 Å². The number of benzene rings is 1. The van der Waals surface area contributed by atoms with Gasteiger partial charge in [0, 0.05) is 52.4 Å². The van der Waals surface area contributed by atoms with Crippen LogP contribution >= 0.6 is 46.3 Å². The highest BCUT2D eigenvalue weighted by atomic mass is 35.5. The molecular formula is C21H25Cl2N3O3S2. The number of carbonyl (C=O) groups excluding carboxylic acids is 2. The zero-order chi connectivity index (χ0) is 22.2. The van der Waals surface area contributed by atoms with Crippen LogP contribution in [0.1, 0.15) is 43.1 Å². The van der Waals surface area contributed by atoms with E-state index >= 15 is 0 Å². The molecule has 1 aliphatic rings. The van der Waals surface area contributed by atoms with E-state index in [0.29, 0.717) is 47.6 Å². The lowest BCUT2D eigenvalue weighted by atomic mass is 10.2. The predicted molar refractivity (Wildman–Crippen MR) is 128 cm³/mol. The van der Waals surface area contributed by atoms with Crippen LogP contribution in [0, 0.1) is 0 Å². The van der Waals surface area contributed by atoms with E-state index < -0.39 is 0 Å². The molecule has 2 aromatic rings. The Morgan fingerprint density at radius 1 is 1.35 bits per heavy atom. The summed E-state index contributed by atoms with van der Waals surface area (Å²) in [6, 6.07) is 5.44. The zero-order valence-corrected chi connectivity index (χ0v) is 20.4. The number of carbonyl (C=O) groups is 2. The van der Waals surface area contributed by atoms with Crippen LogP contribution in [-0.2, 0) is 9.53 Å². The van der Waals surface area contributed by atoms with Crippen molar-refractivity contribution in [2.24, 2.45) is 0 Å². The maximum atomic E-state index is 12.3. The number of nitrogens with one attached hydrogen (secondary N) is 1. The van der Waals surface area contributed by atoms with E-state index in [0.717, 1.165) is 29.3 Å². The minimum Gasteiger partial charge on any atom is -0.461 e. The number of ether oxygens (including phenoxy) is 1. The molecule has 1 atom stereocenters. The number of hydrogen-bond acceptors (Lipinski definition) is 7. The minimum atomic E-state index is -0.376. The molecule has 1 fully saturated rings. The average molecular weight is 502 g/mol. The summed E-state index contributed by atoms with van der Waals surface area (Å²) in [4.78, 5) is 30.6. The van der Waals surface area contributed by atoms with Gasteiger partial charge in [-0.25, -0.2) is 9.78 Å². The first-order chi connectivity index (χ1) is 15.0. The van der Waals surface area contributed by atoms with Gasteiger partial charge in [-0.1, -0.05) is 48.3 Å². The Kier molecular flexibility index (Phi) is 9.31. The van der Waals surface area contributed by atoms with Crippen molar-refractivity contribution >= 4 is 63.9 Å². The summed E-state index contributed by atoms with van der Waals surface area (Å²) in [5.41, 5.74) is 1.19. The number of thiazole rings is 1. The van der Waals surface area contributed by atoms with Crippen LogP contribution in [0.25, 0.3) is 0 Å². The van der Waals surface area contributed by atoms with Gasteiger partial charge >= 0.3 is 5.97 Å². The molecule has 0 radical (unpaired) electrons. The summed E-state index contributed by atoms with van der Waals surface area (Å²) in [7, 11) is 0. The molecule has 1 aromatic heterocycles. The molecule has 1 aliphatic heterocycles. The van der Waals surface area contributed by atoms with Crippen molar-refractivity contribution in [3.63, 3.8) is 0 Å². The van der Waals surface area contributed by atoms with Crippen molar-refractivity contribution in [2.45, 2.75) is 43.0 Å². The van der Waals surface area contributed by atoms with Crippen molar-refractivity contribution in [1.29, 1.82) is 0 Å². The Balaban J connectivity index is 1.46. The molecule has 168 valence electrons. The molecule has 10 heteroatoms. The van der Waals surface area contributed by atoms with Crippen LogP contribution in [0.2, 0.25) is 10.0 Å². The highest BCUT2D eigenvalue weighted by molar-refractivity contribution is 8.01. The van der Waals surface area contributed by atoms with E-state index in [1.54, 1.807) is 23.2 Å². The number of nitrogens with zero attached hydrogens (tertiary/aromatic N) is 2.